The van der Waals surface area contributed by atoms with Crippen molar-refractivity contribution in [2.45, 2.75) is 18.9 Å². The number of anilines is 1. The Bertz CT molecular complexity index is 1000. The Morgan fingerprint density at radius 2 is 1.74 bits per heavy atom. The number of nitrogens with two attached hydrogens (primary N) is 1. The quantitative estimate of drug-likeness (QED) is 0.491. The van der Waals surface area contributed by atoms with Crippen LogP contribution in [0.15, 0.2) is 66.7 Å². The minimum Gasteiger partial charge on any atom is -0.384 e. The number of aromatic amines is 1. The van der Waals surface area contributed by atoms with Crippen molar-refractivity contribution in [1.29, 1.82) is 0 Å². The second kappa shape index (κ2) is 7.97. The van der Waals surface area contributed by atoms with Crippen LogP contribution in [-0.2, 0) is 11.3 Å². The van der Waals surface area contributed by atoms with Crippen LogP contribution in [0.5, 0.6) is 0 Å². The molecule has 0 aliphatic rings. The number of hydrogen-bond donors (Lipinski definition) is 2. The first-order valence-corrected chi connectivity index (χ1v) is 8.95. The first-order chi connectivity index (χ1) is 13.3. The zero-order chi connectivity index (χ0) is 18.5. The summed E-state index contributed by atoms with van der Waals surface area (Å²) in [5, 5.41) is 10.9. The maximum atomic E-state index is 6.01. The molecule has 0 aliphatic heterocycles. The molecule has 6 nitrogen and oxygen atoms in total. The molecule has 0 radical (unpaired) electrons. The molecule has 0 amide bonds. The molecule has 4 aromatic rings. The normalized spacial score (nSPS) is 12.3. The van der Waals surface area contributed by atoms with E-state index in [4.69, 9.17) is 10.5 Å². The van der Waals surface area contributed by atoms with Crippen LogP contribution in [0.3, 0.4) is 0 Å². The van der Waals surface area contributed by atoms with Gasteiger partial charge in [0.05, 0.1) is 6.61 Å². The van der Waals surface area contributed by atoms with Gasteiger partial charge in [0.1, 0.15) is 11.3 Å². The number of hydrogen-bond acceptors (Lipinski definition) is 5. The van der Waals surface area contributed by atoms with Gasteiger partial charge in [-0.1, -0.05) is 65.9 Å². The van der Waals surface area contributed by atoms with Crippen LogP contribution < -0.4 is 5.73 Å². The van der Waals surface area contributed by atoms with E-state index in [1.165, 1.54) is 11.1 Å². The lowest BCUT2D eigenvalue weighted by Gasteiger charge is -2.18. The summed E-state index contributed by atoms with van der Waals surface area (Å²) in [6.45, 7) is 1.22. The van der Waals surface area contributed by atoms with Crippen LogP contribution in [0.2, 0.25) is 0 Å². The fraction of sp³-hybridized carbons (Fsp3) is 0.190. The Hall–Kier alpha value is -3.25. The number of aromatic nitrogens is 4. The third-order valence-corrected chi connectivity index (χ3v) is 4.59. The molecule has 136 valence electrons. The summed E-state index contributed by atoms with van der Waals surface area (Å²) >= 11 is 0. The van der Waals surface area contributed by atoms with E-state index in [1.54, 1.807) is 0 Å². The number of nitrogen functional groups attached to an aromatic ring is 1. The molecule has 1 atom stereocenters. The number of H-pyrrole nitrogens is 1. The molecule has 0 bridgehead atoms. The lowest BCUT2D eigenvalue weighted by Crippen LogP contribution is -2.08. The summed E-state index contributed by atoms with van der Waals surface area (Å²) in [6, 6.07) is 22.4. The summed E-state index contributed by atoms with van der Waals surface area (Å²) in [6.07, 6.45) is 0.808. The van der Waals surface area contributed by atoms with E-state index in [0.717, 1.165) is 17.5 Å². The van der Waals surface area contributed by atoms with Gasteiger partial charge in [0, 0.05) is 12.5 Å². The summed E-state index contributed by atoms with van der Waals surface area (Å²) in [5.74, 6) is 0.551. The summed E-state index contributed by atoms with van der Waals surface area (Å²) in [7, 11) is 0. The first kappa shape index (κ1) is 17.2. The molecule has 0 spiro atoms. The van der Waals surface area contributed by atoms with Gasteiger partial charge >= 0.3 is 0 Å². The summed E-state index contributed by atoms with van der Waals surface area (Å²) in [5.41, 5.74) is 10.7. The lowest BCUT2D eigenvalue weighted by molar-refractivity contribution is 0.116. The molecule has 0 saturated carbocycles. The van der Waals surface area contributed by atoms with Crippen molar-refractivity contribution in [1.82, 2.24) is 20.4 Å². The van der Waals surface area contributed by atoms with E-state index in [9.17, 15) is 0 Å². The van der Waals surface area contributed by atoms with Gasteiger partial charge in [0.2, 0.25) is 0 Å². The molecule has 2 aromatic heterocycles. The molecule has 3 N–H and O–H groups in total. The van der Waals surface area contributed by atoms with Gasteiger partial charge in [-0.2, -0.15) is 0 Å². The van der Waals surface area contributed by atoms with Crippen LogP contribution in [0.1, 0.15) is 29.0 Å². The number of benzene rings is 2. The maximum absolute atomic E-state index is 6.01. The lowest BCUT2D eigenvalue weighted by atomic mass is 9.88. The van der Waals surface area contributed by atoms with Crippen LogP contribution in [0, 0.1) is 0 Å². The second-order valence-corrected chi connectivity index (χ2v) is 6.44. The molecule has 2 aromatic carbocycles. The van der Waals surface area contributed by atoms with Crippen molar-refractivity contribution in [2.24, 2.45) is 0 Å². The fourth-order valence-electron chi connectivity index (χ4n) is 3.30. The highest BCUT2D eigenvalue weighted by Crippen LogP contribution is 2.32. The topological polar surface area (TPSA) is 89.7 Å². The molecule has 0 aliphatic carbocycles. The number of rotatable bonds is 7. The largest absolute Gasteiger partial charge is 0.384 e. The van der Waals surface area contributed by atoms with Gasteiger partial charge in [0.25, 0.3) is 0 Å². The number of nitrogens with one attached hydrogen (secondary N) is 1. The van der Waals surface area contributed by atoms with Crippen molar-refractivity contribution in [3.05, 3.63) is 83.4 Å². The molecule has 0 saturated heterocycles. The molecule has 0 fully saturated rings. The van der Waals surface area contributed by atoms with Gasteiger partial charge < -0.3 is 10.5 Å². The second-order valence-electron chi connectivity index (χ2n) is 6.44. The molecule has 6 heteroatoms. The van der Waals surface area contributed by atoms with E-state index in [1.807, 2.05) is 42.5 Å². The number of fused-ring (bicyclic) bond motifs is 1. The Kier molecular flexibility index (Phi) is 5.07. The zero-order valence-electron chi connectivity index (χ0n) is 14.9. The summed E-state index contributed by atoms with van der Waals surface area (Å²) < 4.78 is 5.93. The molecule has 4 rings (SSSR count). The monoisotopic (exact) mass is 359 g/mol. The van der Waals surface area contributed by atoms with Gasteiger partial charge in [-0.3, -0.25) is 0 Å². The molecule has 1 unspecified atom stereocenters. The van der Waals surface area contributed by atoms with Crippen molar-refractivity contribution in [2.75, 3.05) is 12.3 Å². The van der Waals surface area contributed by atoms with Crippen LogP contribution >= 0.6 is 0 Å². The highest BCUT2D eigenvalue weighted by molar-refractivity contribution is 5.77. The Morgan fingerprint density at radius 1 is 1.00 bits per heavy atom. The van der Waals surface area contributed by atoms with Crippen molar-refractivity contribution in [3.8, 4) is 0 Å². The predicted molar refractivity (Wildman–Crippen MR) is 105 cm³/mol. The third kappa shape index (κ3) is 3.96. The molecular formula is C21H21N5O. The Balaban J connectivity index is 1.57. The van der Waals surface area contributed by atoms with E-state index in [0.29, 0.717) is 24.7 Å². The average molecular weight is 359 g/mol. The van der Waals surface area contributed by atoms with Crippen LogP contribution in [0.25, 0.3) is 11.2 Å². The smallest absolute Gasteiger partial charge is 0.178 e. The fourth-order valence-corrected chi connectivity index (χ4v) is 3.30. The highest BCUT2D eigenvalue weighted by atomic mass is 16.5. The van der Waals surface area contributed by atoms with Gasteiger partial charge in [-0.05, 0) is 29.2 Å². The van der Waals surface area contributed by atoms with Gasteiger partial charge in [0.15, 0.2) is 5.65 Å². The first-order valence-electron chi connectivity index (χ1n) is 8.95. The van der Waals surface area contributed by atoms with Gasteiger partial charge in [-0.15, -0.1) is 5.10 Å². The Morgan fingerprint density at radius 3 is 2.52 bits per heavy atom. The van der Waals surface area contributed by atoms with Gasteiger partial charge in [-0.25, -0.2) is 10.1 Å². The molecule has 27 heavy (non-hydrogen) atoms. The van der Waals surface area contributed by atoms with Crippen molar-refractivity contribution < 1.29 is 4.74 Å². The minimum absolute atomic E-state index is 0.0971. The number of pyridine rings is 1. The zero-order valence-corrected chi connectivity index (χ0v) is 14.9. The van der Waals surface area contributed by atoms with Crippen LogP contribution in [0.4, 0.5) is 5.82 Å². The number of nitrogens with zero attached hydrogens (tertiary/aromatic N) is 3. The van der Waals surface area contributed by atoms with Crippen molar-refractivity contribution >= 4 is 17.0 Å². The minimum atomic E-state index is 0.0971. The maximum Gasteiger partial charge on any atom is 0.178 e. The van der Waals surface area contributed by atoms with E-state index in [2.05, 4.69) is 44.7 Å². The van der Waals surface area contributed by atoms with E-state index in [-0.39, 0.29) is 5.92 Å². The van der Waals surface area contributed by atoms with E-state index < -0.39 is 0 Å². The molecule has 2 heterocycles. The average Bonchev–Trinajstić information content (AvgIpc) is 3.17. The Labute approximate surface area is 157 Å². The van der Waals surface area contributed by atoms with Crippen molar-refractivity contribution in [3.63, 3.8) is 0 Å². The highest BCUT2D eigenvalue weighted by Gasteiger charge is 2.20. The molecular weight excluding hydrogens is 338 g/mol. The standard InChI is InChI=1S/C21H21N5O/c22-19-13-18(20-21(23-19)25-26-24-20)17(16-9-5-2-6-10-16)11-12-27-14-15-7-3-1-4-8-15/h1-10,13,17H,11-12,14H2,(H3,22,23,24,25,26). The predicted octanol–water partition coefficient (Wildman–Crippen LogP) is 3.67. The summed E-state index contributed by atoms with van der Waals surface area (Å²) in [4.78, 5) is 4.27. The van der Waals surface area contributed by atoms with Crippen LogP contribution in [-0.4, -0.2) is 27.0 Å². The van der Waals surface area contributed by atoms with E-state index >= 15 is 0 Å². The third-order valence-electron chi connectivity index (χ3n) is 4.59. The number of ether oxygens (including phenoxy) is 1. The SMILES string of the molecule is Nc1cc(C(CCOCc2ccccc2)c2ccccc2)c2nn[nH]c2n1.